The fourth-order valence-corrected chi connectivity index (χ4v) is 2.42. The molecule has 2 rings (SSSR count). The van der Waals surface area contributed by atoms with Crippen LogP contribution in [0.4, 0.5) is 5.69 Å². The van der Waals surface area contributed by atoms with Gasteiger partial charge in [-0.1, -0.05) is 11.6 Å². The number of rotatable bonds is 0. The summed E-state index contributed by atoms with van der Waals surface area (Å²) in [6.45, 7) is 0. The molecule has 1 N–H and O–H groups in total. The first-order valence-corrected chi connectivity index (χ1v) is 5.38. The van der Waals surface area contributed by atoms with Crippen molar-refractivity contribution in [3.8, 4) is 5.75 Å². The average molecular weight is 308 g/mol. The molecular formula is C9H7ClINO. The topological polar surface area (TPSA) is 32.6 Å². The Kier molecular flexibility index (Phi) is 2.47. The number of phenolic OH excluding ortho intramolecular Hbond substituents is 1. The highest BCUT2D eigenvalue weighted by Crippen LogP contribution is 2.41. The fourth-order valence-electron chi connectivity index (χ4n) is 1.38. The predicted molar refractivity (Wildman–Crippen MR) is 62.3 cm³/mol. The molecule has 0 aliphatic carbocycles. The molecule has 0 spiro atoms. The Morgan fingerprint density at radius 3 is 3.08 bits per heavy atom. The molecule has 0 fully saturated rings. The molecule has 68 valence electrons. The maximum Gasteiger partial charge on any atom is 0.154 e. The summed E-state index contributed by atoms with van der Waals surface area (Å²) in [5.41, 5.74) is 1.60. The molecule has 0 radical (unpaired) electrons. The lowest BCUT2D eigenvalue weighted by molar-refractivity contribution is 0.472. The quantitative estimate of drug-likeness (QED) is 0.733. The van der Waals surface area contributed by atoms with Crippen molar-refractivity contribution in [1.29, 1.82) is 0 Å². The van der Waals surface area contributed by atoms with Crippen LogP contribution in [0.2, 0.25) is 5.02 Å². The molecule has 0 bridgehead atoms. The van der Waals surface area contributed by atoms with Gasteiger partial charge in [-0.25, -0.2) is 0 Å². The molecule has 4 heteroatoms. The summed E-state index contributed by atoms with van der Waals surface area (Å²) in [7, 11) is 0. The van der Waals surface area contributed by atoms with E-state index in [0.717, 1.165) is 22.0 Å². The second-order valence-electron chi connectivity index (χ2n) is 2.87. The van der Waals surface area contributed by atoms with E-state index in [9.17, 15) is 5.11 Å². The summed E-state index contributed by atoms with van der Waals surface area (Å²) in [6, 6.07) is 1.77. The Balaban J connectivity index is 2.72. The van der Waals surface area contributed by atoms with Gasteiger partial charge in [-0.05, 0) is 41.5 Å². The van der Waals surface area contributed by atoms with E-state index in [0.29, 0.717) is 10.7 Å². The van der Waals surface area contributed by atoms with Crippen LogP contribution in [-0.2, 0) is 6.42 Å². The second kappa shape index (κ2) is 3.46. The number of aliphatic imine (C=N–C) groups is 1. The summed E-state index contributed by atoms with van der Waals surface area (Å²) in [6.07, 6.45) is 3.57. The lowest BCUT2D eigenvalue weighted by Gasteiger charge is -2.13. The Bertz CT molecular complexity index is 390. The smallest absolute Gasteiger partial charge is 0.154 e. The third-order valence-electron chi connectivity index (χ3n) is 2.02. The van der Waals surface area contributed by atoms with Gasteiger partial charge >= 0.3 is 0 Å². The van der Waals surface area contributed by atoms with Crippen LogP contribution in [0, 0.1) is 3.57 Å². The molecule has 1 heterocycles. The van der Waals surface area contributed by atoms with Gasteiger partial charge in [-0.3, -0.25) is 4.99 Å². The van der Waals surface area contributed by atoms with Crippen LogP contribution in [0.15, 0.2) is 11.1 Å². The highest BCUT2D eigenvalue weighted by molar-refractivity contribution is 14.1. The van der Waals surface area contributed by atoms with Crippen LogP contribution in [0.25, 0.3) is 0 Å². The summed E-state index contributed by atoms with van der Waals surface area (Å²) in [5, 5.41) is 10.4. The van der Waals surface area contributed by atoms with E-state index in [1.165, 1.54) is 0 Å². The van der Waals surface area contributed by atoms with E-state index in [4.69, 9.17) is 11.6 Å². The van der Waals surface area contributed by atoms with Gasteiger partial charge in [0.1, 0.15) is 5.69 Å². The number of aromatic hydroxyl groups is 1. The van der Waals surface area contributed by atoms with E-state index in [2.05, 4.69) is 4.99 Å². The van der Waals surface area contributed by atoms with Crippen LogP contribution in [0.3, 0.4) is 0 Å². The van der Waals surface area contributed by atoms with Crippen LogP contribution in [0.1, 0.15) is 12.0 Å². The molecule has 1 aromatic rings. The number of halogens is 2. The average Bonchev–Trinajstić information content (AvgIpc) is 2.15. The van der Waals surface area contributed by atoms with Crippen molar-refractivity contribution < 1.29 is 5.11 Å². The minimum absolute atomic E-state index is 0.246. The van der Waals surface area contributed by atoms with E-state index in [-0.39, 0.29) is 5.75 Å². The second-order valence-corrected chi connectivity index (χ2v) is 4.44. The van der Waals surface area contributed by atoms with Gasteiger partial charge in [0.25, 0.3) is 0 Å². The first-order chi connectivity index (χ1) is 6.20. The number of benzene rings is 1. The van der Waals surface area contributed by atoms with Crippen LogP contribution in [0.5, 0.6) is 5.75 Å². The zero-order chi connectivity index (χ0) is 9.42. The maximum atomic E-state index is 9.69. The summed E-state index contributed by atoms with van der Waals surface area (Å²) < 4.78 is 0.750. The van der Waals surface area contributed by atoms with Crippen molar-refractivity contribution in [2.24, 2.45) is 4.99 Å². The molecule has 0 aromatic heterocycles. The Morgan fingerprint density at radius 2 is 2.31 bits per heavy atom. The Labute approximate surface area is 94.8 Å². The molecule has 1 aliphatic rings. The molecule has 0 unspecified atom stereocenters. The molecule has 0 saturated carbocycles. The van der Waals surface area contributed by atoms with Gasteiger partial charge in [0.2, 0.25) is 0 Å². The molecule has 0 saturated heterocycles. The lowest BCUT2D eigenvalue weighted by Crippen LogP contribution is -1.96. The van der Waals surface area contributed by atoms with Crippen molar-refractivity contribution >= 4 is 46.1 Å². The van der Waals surface area contributed by atoms with E-state index < -0.39 is 0 Å². The van der Waals surface area contributed by atoms with Gasteiger partial charge in [0.15, 0.2) is 5.75 Å². The molecule has 0 atom stereocenters. The minimum Gasteiger partial charge on any atom is -0.505 e. The van der Waals surface area contributed by atoms with Gasteiger partial charge in [0.05, 0.1) is 3.57 Å². The Hall–Kier alpha value is -0.290. The molecule has 0 amide bonds. The molecule has 1 aromatic carbocycles. The number of fused-ring (bicyclic) bond motifs is 1. The standard InChI is InChI=1S/C9H7ClINO/c10-6-4-7(11)9(13)8-5(6)2-1-3-12-8/h3-4,13H,1-2H2. The lowest BCUT2D eigenvalue weighted by atomic mass is 10.0. The molecule has 2 nitrogen and oxygen atoms in total. The zero-order valence-electron chi connectivity index (χ0n) is 6.72. The van der Waals surface area contributed by atoms with Crippen molar-refractivity contribution in [1.82, 2.24) is 0 Å². The SMILES string of the molecule is Oc1c(I)cc(Cl)c2c1N=CCC2. The maximum absolute atomic E-state index is 9.69. The number of phenols is 1. The monoisotopic (exact) mass is 307 g/mol. The summed E-state index contributed by atoms with van der Waals surface area (Å²) in [4.78, 5) is 4.15. The molecule has 1 aliphatic heterocycles. The van der Waals surface area contributed by atoms with Gasteiger partial charge in [0, 0.05) is 16.8 Å². The van der Waals surface area contributed by atoms with E-state index in [1.807, 2.05) is 28.8 Å². The van der Waals surface area contributed by atoms with Crippen LogP contribution in [-0.4, -0.2) is 11.3 Å². The number of hydrogen-bond acceptors (Lipinski definition) is 2. The van der Waals surface area contributed by atoms with Gasteiger partial charge in [-0.15, -0.1) is 0 Å². The third kappa shape index (κ3) is 1.55. The van der Waals surface area contributed by atoms with Crippen LogP contribution < -0.4 is 0 Å². The number of nitrogens with zero attached hydrogens (tertiary/aromatic N) is 1. The molecule has 13 heavy (non-hydrogen) atoms. The Morgan fingerprint density at radius 1 is 1.54 bits per heavy atom. The largest absolute Gasteiger partial charge is 0.505 e. The molecular weight excluding hydrogens is 300 g/mol. The third-order valence-corrected chi connectivity index (χ3v) is 3.18. The van der Waals surface area contributed by atoms with Gasteiger partial charge in [-0.2, -0.15) is 0 Å². The van der Waals surface area contributed by atoms with E-state index >= 15 is 0 Å². The summed E-state index contributed by atoms with van der Waals surface area (Å²) in [5.74, 6) is 0.246. The highest BCUT2D eigenvalue weighted by atomic mass is 127. The van der Waals surface area contributed by atoms with Crippen molar-refractivity contribution in [2.45, 2.75) is 12.8 Å². The first-order valence-electron chi connectivity index (χ1n) is 3.92. The summed E-state index contributed by atoms with van der Waals surface area (Å²) >= 11 is 8.08. The van der Waals surface area contributed by atoms with Crippen molar-refractivity contribution in [3.05, 3.63) is 20.2 Å². The minimum atomic E-state index is 0.246. The number of hydrogen-bond donors (Lipinski definition) is 1. The normalized spacial score (nSPS) is 14.3. The van der Waals surface area contributed by atoms with E-state index in [1.54, 1.807) is 6.07 Å². The van der Waals surface area contributed by atoms with Gasteiger partial charge < -0.3 is 5.11 Å². The van der Waals surface area contributed by atoms with Crippen molar-refractivity contribution in [2.75, 3.05) is 0 Å². The predicted octanol–water partition coefficient (Wildman–Crippen LogP) is 3.30. The fraction of sp³-hybridized carbons (Fsp3) is 0.222. The van der Waals surface area contributed by atoms with Crippen molar-refractivity contribution in [3.63, 3.8) is 0 Å². The zero-order valence-corrected chi connectivity index (χ0v) is 9.63. The van der Waals surface area contributed by atoms with Crippen LogP contribution >= 0.6 is 34.2 Å². The highest BCUT2D eigenvalue weighted by Gasteiger charge is 2.16. The first kappa shape index (κ1) is 9.27.